The molecule has 1 N–H and O–H groups in total. The smallest absolute Gasteiger partial charge is 0.329 e. The summed E-state index contributed by atoms with van der Waals surface area (Å²) < 4.78 is 1.00. The normalized spacial score (nSPS) is 15.1. The molecule has 28 heavy (non-hydrogen) atoms. The number of aromatic nitrogens is 2. The maximum atomic E-state index is 12.7. The number of nitrogens with zero attached hydrogens (tertiary/aromatic N) is 2. The minimum absolute atomic E-state index is 0.180. The van der Waals surface area contributed by atoms with E-state index in [0.717, 1.165) is 23.8 Å². The minimum Gasteiger partial charge on any atom is -0.341 e. The zero-order valence-electron chi connectivity index (χ0n) is 15.6. The summed E-state index contributed by atoms with van der Waals surface area (Å²) in [6.07, 6.45) is 2.89. The van der Waals surface area contributed by atoms with Crippen molar-refractivity contribution in [1.82, 2.24) is 14.5 Å². The predicted molar refractivity (Wildman–Crippen MR) is 108 cm³/mol. The van der Waals surface area contributed by atoms with Crippen LogP contribution >= 0.6 is 0 Å². The van der Waals surface area contributed by atoms with Crippen LogP contribution in [0.1, 0.15) is 18.4 Å². The largest absolute Gasteiger partial charge is 0.341 e. The highest BCUT2D eigenvalue weighted by Gasteiger charge is 2.24. The third-order valence-electron chi connectivity index (χ3n) is 5.52. The molecule has 1 aliphatic heterocycles. The average Bonchev–Trinajstić information content (AvgIpc) is 2.72. The van der Waals surface area contributed by atoms with Gasteiger partial charge in [0, 0.05) is 13.1 Å². The number of fused-ring (bicyclic) bond motifs is 1. The summed E-state index contributed by atoms with van der Waals surface area (Å²) in [5.41, 5.74) is 0.840. The molecule has 6 nitrogen and oxygen atoms in total. The SMILES string of the molecule is O=C(Cn1c(=O)[nH]c2ccccc2c1=O)N1CCC(Cc2ccccc2)CC1. The number of hydrogen-bond donors (Lipinski definition) is 1. The van der Waals surface area contributed by atoms with E-state index in [-0.39, 0.29) is 12.5 Å². The molecule has 0 saturated carbocycles. The molecule has 0 atom stereocenters. The second kappa shape index (κ2) is 7.84. The molecule has 0 radical (unpaired) electrons. The first-order chi connectivity index (χ1) is 13.6. The summed E-state index contributed by atoms with van der Waals surface area (Å²) in [5.74, 6) is 0.374. The summed E-state index contributed by atoms with van der Waals surface area (Å²) in [5, 5.41) is 0.413. The molecule has 0 spiro atoms. The number of piperidine rings is 1. The Hall–Kier alpha value is -3.15. The van der Waals surface area contributed by atoms with Gasteiger partial charge in [0.1, 0.15) is 6.54 Å². The van der Waals surface area contributed by atoms with Crippen molar-refractivity contribution in [2.45, 2.75) is 25.8 Å². The number of H-pyrrole nitrogens is 1. The number of para-hydroxylation sites is 1. The van der Waals surface area contributed by atoms with E-state index >= 15 is 0 Å². The van der Waals surface area contributed by atoms with Gasteiger partial charge in [0.05, 0.1) is 10.9 Å². The molecule has 1 fully saturated rings. The minimum atomic E-state index is -0.545. The van der Waals surface area contributed by atoms with Crippen LogP contribution < -0.4 is 11.2 Å². The third-order valence-corrected chi connectivity index (χ3v) is 5.52. The van der Waals surface area contributed by atoms with Crippen LogP contribution in [0.25, 0.3) is 10.9 Å². The van der Waals surface area contributed by atoms with Gasteiger partial charge >= 0.3 is 5.69 Å². The number of nitrogens with one attached hydrogen (secondary N) is 1. The highest BCUT2D eigenvalue weighted by Crippen LogP contribution is 2.21. The van der Waals surface area contributed by atoms with E-state index in [9.17, 15) is 14.4 Å². The Kier molecular flexibility index (Phi) is 5.10. The van der Waals surface area contributed by atoms with Gasteiger partial charge in [0.25, 0.3) is 5.56 Å². The van der Waals surface area contributed by atoms with Crippen molar-refractivity contribution in [2.24, 2.45) is 5.92 Å². The van der Waals surface area contributed by atoms with Crippen molar-refractivity contribution in [3.63, 3.8) is 0 Å². The van der Waals surface area contributed by atoms with Crippen LogP contribution in [0.3, 0.4) is 0 Å². The van der Waals surface area contributed by atoms with Crippen LogP contribution in [0.2, 0.25) is 0 Å². The van der Waals surface area contributed by atoms with Crippen molar-refractivity contribution < 1.29 is 4.79 Å². The van der Waals surface area contributed by atoms with Gasteiger partial charge in [-0.25, -0.2) is 4.79 Å². The summed E-state index contributed by atoms with van der Waals surface area (Å²) in [6.45, 7) is 1.11. The van der Waals surface area contributed by atoms with E-state index in [1.807, 2.05) is 18.2 Å². The molecule has 1 saturated heterocycles. The lowest BCUT2D eigenvalue weighted by Crippen LogP contribution is -2.45. The van der Waals surface area contributed by atoms with Gasteiger partial charge in [0.2, 0.25) is 5.91 Å². The maximum Gasteiger partial charge on any atom is 0.329 e. The van der Waals surface area contributed by atoms with Gasteiger partial charge in [0.15, 0.2) is 0 Å². The van der Waals surface area contributed by atoms with Gasteiger partial charge in [-0.3, -0.25) is 14.2 Å². The van der Waals surface area contributed by atoms with Gasteiger partial charge < -0.3 is 9.88 Å². The van der Waals surface area contributed by atoms with Crippen molar-refractivity contribution in [2.75, 3.05) is 13.1 Å². The lowest BCUT2D eigenvalue weighted by atomic mass is 9.90. The van der Waals surface area contributed by atoms with Crippen LogP contribution in [0, 0.1) is 5.92 Å². The number of hydrogen-bond acceptors (Lipinski definition) is 3. The second-order valence-corrected chi connectivity index (χ2v) is 7.38. The third kappa shape index (κ3) is 3.76. The first-order valence-corrected chi connectivity index (χ1v) is 9.65. The fourth-order valence-corrected chi connectivity index (χ4v) is 3.91. The van der Waals surface area contributed by atoms with Crippen LogP contribution in [0.15, 0.2) is 64.2 Å². The van der Waals surface area contributed by atoms with Crippen LogP contribution in [-0.2, 0) is 17.8 Å². The van der Waals surface area contributed by atoms with Gasteiger partial charge in [-0.1, -0.05) is 42.5 Å². The first-order valence-electron chi connectivity index (χ1n) is 9.65. The van der Waals surface area contributed by atoms with E-state index < -0.39 is 11.2 Å². The van der Waals surface area contributed by atoms with E-state index in [0.29, 0.717) is 29.9 Å². The Morgan fingerprint density at radius 1 is 0.964 bits per heavy atom. The fraction of sp³-hybridized carbons (Fsp3) is 0.318. The topological polar surface area (TPSA) is 75.2 Å². The zero-order valence-corrected chi connectivity index (χ0v) is 15.6. The molecule has 1 amide bonds. The molecular formula is C22H23N3O3. The predicted octanol–water partition coefficient (Wildman–Crippen LogP) is 2.17. The molecule has 2 heterocycles. The average molecular weight is 377 g/mol. The highest BCUT2D eigenvalue weighted by atomic mass is 16.2. The standard InChI is InChI=1S/C22H23N3O3/c26-20(15-25-21(27)18-8-4-5-9-19(18)23-22(25)28)24-12-10-17(11-13-24)14-16-6-2-1-3-7-16/h1-9,17H,10-15H2,(H,23,28). The number of amides is 1. The molecule has 3 aromatic rings. The first kappa shape index (κ1) is 18.2. The Balaban J connectivity index is 1.42. The van der Waals surface area contributed by atoms with Crippen molar-refractivity contribution >= 4 is 16.8 Å². The molecule has 0 unspecified atom stereocenters. The van der Waals surface area contributed by atoms with Crippen LogP contribution in [0.4, 0.5) is 0 Å². The monoisotopic (exact) mass is 377 g/mol. The highest BCUT2D eigenvalue weighted by molar-refractivity contribution is 5.79. The fourth-order valence-electron chi connectivity index (χ4n) is 3.91. The molecule has 6 heteroatoms. The Bertz CT molecular complexity index is 1090. The number of benzene rings is 2. The van der Waals surface area contributed by atoms with Gasteiger partial charge in [-0.2, -0.15) is 0 Å². The van der Waals surface area contributed by atoms with E-state index in [1.165, 1.54) is 5.56 Å². The van der Waals surface area contributed by atoms with Crippen molar-refractivity contribution in [1.29, 1.82) is 0 Å². The lowest BCUT2D eigenvalue weighted by Gasteiger charge is -2.32. The van der Waals surface area contributed by atoms with Gasteiger partial charge in [-0.05, 0) is 42.9 Å². The summed E-state index contributed by atoms with van der Waals surface area (Å²) in [7, 11) is 0. The van der Waals surface area contributed by atoms with E-state index in [2.05, 4.69) is 17.1 Å². The van der Waals surface area contributed by atoms with E-state index in [4.69, 9.17) is 0 Å². The summed E-state index contributed by atoms with van der Waals surface area (Å²) in [4.78, 5) is 42.0. The Labute approximate surface area is 162 Å². The Morgan fingerprint density at radius 3 is 2.39 bits per heavy atom. The molecule has 1 aliphatic rings. The van der Waals surface area contributed by atoms with Crippen molar-refractivity contribution in [3.8, 4) is 0 Å². The number of likely N-dealkylation sites (tertiary alicyclic amines) is 1. The van der Waals surface area contributed by atoms with Crippen LogP contribution in [0.5, 0.6) is 0 Å². The number of carbonyl (C=O) groups is 1. The maximum absolute atomic E-state index is 12.7. The number of carbonyl (C=O) groups excluding carboxylic acids is 1. The molecule has 0 aliphatic carbocycles. The molecule has 4 rings (SSSR count). The number of rotatable bonds is 4. The second-order valence-electron chi connectivity index (χ2n) is 7.38. The molecule has 144 valence electrons. The van der Waals surface area contributed by atoms with Crippen molar-refractivity contribution in [3.05, 3.63) is 81.0 Å². The molecule has 2 aromatic carbocycles. The van der Waals surface area contributed by atoms with E-state index in [1.54, 1.807) is 29.2 Å². The van der Waals surface area contributed by atoms with Gasteiger partial charge in [-0.15, -0.1) is 0 Å². The molecular weight excluding hydrogens is 354 g/mol. The molecule has 0 bridgehead atoms. The van der Waals surface area contributed by atoms with Crippen LogP contribution in [-0.4, -0.2) is 33.4 Å². The summed E-state index contributed by atoms with van der Waals surface area (Å²) in [6, 6.07) is 17.2. The molecule has 1 aromatic heterocycles. The quantitative estimate of drug-likeness (QED) is 0.757. The summed E-state index contributed by atoms with van der Waals surface area (Å²) >= 11 is 0. The zero-order chi connectivity index (χ0) is 19.5. The number of aromatic amines is 1. The lowest BCUT2D eigenvalue weighted by molar-refractivity contribution is -0.133. The Morgan fingerprint density at radius 2 is 1.64 bits per heavy atom.